The van der Waals surface area contributed by atoms with E-state index in [2.05, 4.69) is 44.4 Å². The van der Waals surface area contributed by atoms with Crippen molar-refractivity contribution in [1.82, 2.24) is 0 Å². The van der Waals surface area contributed by atoms with Crippen molar-refractivity contribution in [3.05, 3.63) is 25.4 Å². The molecule has 0 bridgehead atoms. The van der Waals surface area contributed by atoms with Crippen LogP contribution in [0.3, 0.4) is 0 Å². The predicted octanol–water partition coefficient (Wildman–Crippen LogP) is 9.09. The van der Waals surface area contributed by atoms with E-state index in [9.17, 15) is 0 Å². The summed E-state index contributed by atoms with van der Waals surface area (Å²) in [7, 11) is 0. The zero-order chi connectivity index (χ0) is 17.4. The van der Waals surface area contributed by atoms with Crippen molar-refractivity contribution < 1.29 is 0 Å². The smallest absolute Gasteiger partial charge is 0.0717 e. The lowest BCUT2D eigenvalue weighted by Gasteiger charge is -2.03. The van der Waals surface area contributed by atoms with Crippen LogP contribution in [0.5, 0.6) is 0 Å². The molecule has 0 nitrogen and oxygen atoms in total. The van der Waals surface area contributed by atoms with Gasteiger partial charge in [0.2, 0.25) is 0 Å². The molecule has 2 rings (SSSR count). The van der Waals surface area contributed by atoms with Crippen molar-refractivity contribution >= 4 is 126 Å². The molecule has 0 aromatic heterocycles. The van der Waals surface area contributed by atoms with E-state index >= 15 is 0 Å². The zero-order valence-corrected chi connectivity index (χ0v) is 23.0. The summed E-state index contributed by atoms with van der Waals surface area (Å²) < 4.78 is 8.94. The Morgan fingerprint density at radius 1 is 0.667 bits per heavy atom. The fourth-order valence-electron chi connectivity index (χ4n) is 1.58. The topological polar surface area (TPSA) is 0 Å². The van der Waals surface area contributed by atoms with Crippen molar-refractivity contribution in [3.8, 4) is 0 Å². The molecule has 10 heteroatoms. The molecule has 24 heavy (non-hydrogen) atoms. The average molecular weight is 603 g/mol. The van der Waals surface area contributed by atoms with Crippen molar-refractivity contribution in [2.24, 2.45) is 0 Å². The number of alkyl halides is 2. The maximum atomic E-state index is 3.53. The summed E-state index contributed by atoms with van der Waals surface area (Å²) in [5.74, 6) is 2.39. The number of halogens is 2. The maximum absolute atomic E-state index is 3.53. The minimum Gasteiger partial charge on any atom is -0.121 e. The lowest BCUT2D eigenvalue weighted by atomic mass is 10.6. The van der Waals surface area contributed by atoms with Crippen molar-refractivity contribution in [1.29, 1.82) is 0 Å². The molecule has 0 saturated heterocycles. The molecule has 0 aromatic carbocycles. The van der Waals surface area contributed by atoms with E-state index in [1.807, 2.05) is 94.1 Å². The fourth-order valence-corrected chi connectivity index (χ4v) is 14.0. The Morgan fingerprint density at radius 2 is 1.04 bits per heavy atom. The third kappa shape index (κ3) is 7.10. The molecule has 0 saturated carbocycles. The molecule has 0 N–H and O–H groups in total. The Morgan fingerprint density at radius 3 is 1.38 bits per heavy atom. The Hall–Kier alpha value is 2.98. The standard InChI is InChI=1S/C14H18Br2S8/c1-17-9-11(19-7-3-5-15)23-13(21-9)14-22-10(18-2)12(24-14)20-8-4-6-16/h3-8H2,1-2H3/b14-13-. The third-order valence-corrected chi connectivity index (χ3v) is 15.2. The van der Waals surface area contributed by atoms with E-state index in [-0.39, 0.29) is 0 Å². The summed E-state index contributed by atoms with van der Waals surface area (Å²) in [6.45, 7) is 0. The Bertz CT molecular complexity index is 483. The summed E-state index contributed by atoms with van der Waals surface area (Å²) in [5.41, 5.74) is 0. The van der Waals surface area contributed by atoms with Gasteiger partial charge in [0.1, 0.15) is 0 Å². The minimum absolute atomic E-state index is 1.09. The second-order valence-corrected chi connectivity index (χ2v) is 15.4. The zero-order valence-electron chi connectivity index (χ0n) is 13.3. The van der Waals surface area contributed by atoms with Crippen molar-refractivity contribution in [3.63, 3.8) is 0 Å². The van der Waals surface area contributed by atoms with E-state index in [0.717, 1.165) is 10.7 Å². The second kappa shape index (κ2) is 13.2. The number of hydrogen-bond acceptors (Lipinski definition) is 8. The highest BCUT2D eigenvalue weighted by Crippen LogP contribution is 2.65. The minimum atomic E-state index is 1.09. The van der Waals surface area contributed by atoms with E-state index < -0.39 is 0 Å². The molecule has 2 heterocycles. The maximum Gasteiger partial charge on any atom is 0.0717 e. The highest BCUT2D eigenvalue weighted by molar-refractivity contribution is 9.09. The van der Waals surface area contributed by atoms with E-state index in [0.29, 0.717) is 0 Å². The fraction of sp³-hybridized carbons (Fsp3) is 0.571. The van der Waals surface area contributed by atoms with Gasteiger partial charge < -0.3 is 0 Å². The lowest BCUT2D eigenvalue weighted by Crippen LogP contribution is -1.80. The predicted molar refractivity (Wildman–Crippen MR) is 140 cm³/mol. The first-order valence-corrected chi connectivity index (χ1v) is 17.1. The first-order chi connectivity index (χ1) is 11.7. The highest BCUT2D eigenvalue weighted by atomic mass is 79.9. The van der Waals surface area contributed by atoms with Gasteiger partial charge >= 0.3 is 0 Å². The first kappa shape index (κ1) is 23.3. The van der Waals surface area contributed by atoms with Crippen LogP contribution >= 0.6 is 126 Å². The van der Waals surface area contributed by atoms with Crippen LogP contribution in [0.2, 0.25) is 0 Å². The van der Waals surface area contributed by atoms with Gasteiger partial charge in [0.25, 0.3) is 0 Å². The summed E-state index contributed by atoms with van der Waals surface area (Å²) in [6, 6.07) is 0. The van der Waals surface area contributed by atoms with E-state index in [1.165, 1.54) is 49.8 Å². The van der Waals surface area contributed by atoms with Crippen LogP contribution in [0.4, 0.5) is 0 Å². The Kier molecular flexibility index (Phi) is 12.8. The quantitative estimate of drug-likeness (QED) is 0.177. The number of rotatable bonds is 10. The number of thioether (sulfide) groups is 8. The molecule has 136 valence electrons. The van der Waals surface area contributed by atoms with Gasteiger partial charge in [0, 0.05) is 10.7 Å². The van der Waals surface area contributed by atoms with Crippen molar-refractivity contribution in [2.45, 2.75) is 12.8 Å². The normalized spacial score (nSPS) is 21.5. The lowest BCUT2D eigenvalue weighted by molar-refractivity contribution is 1.14. The molecule has 2 aliphatic heterocycles. The molecule has 0 spiro atoms. The van der Waals surface area contributed by atoms with Gasteiger partial charge in [-0.15, -0.1) is 47.0 Å². The Balaban J connectivity index is 1.99. The van der Waals surface area contributed by atoms with Crippen LogP contribution in [0, 0.1) is 0 Å². The Labute approximate surface area is 196 Å². The second-order valence-electron chi connectivity index (χ2n) is 4.32. The van der Waals surface area contributed by atoms with Crippen molar-refractivity contribution in [2.75, 3.05) is 34.7 Å². The molecule has 2 aliphatic rings. The van der Waals surface area contributed by atoms with Crippen LogP contribution in [0.15, 0.2) is 25.4 Å². The van der Waals surface area contributed by atoms with Crippen LogP contribution in [0.1, 0.15) is 12.8 Å². The average Bonchev–Trinajstić information content (AvgIpc) is 3.19. The number of hydrogen-bond donors (Lipinski definition) is 0. The monoisotopic (exact) mass is 600 g/mol. The molecule has 0 radical (unpaired) electrons. The first-order valence-electron chi connectivity index (χ1n) is 7.13. The van der Waals surface area contributed by atoms with Crippen LogP contribution in [0.25, 0.3) is 0 Å². The molecule has 0 unspecified atom stereocenters. The third-order valence-electron chi connectivity index (χ3n) is 2.63. The highest BCUT2D eigenvalue weighted by Gasteiger charge is 2.29. The SMILES string of the molecule is CSC1=C(SCCCBr)S/C(=C2/SC(SC)=C(SCCCBr)S2)S1. The van der Waals surface area contributed by atoms with Gasteiger partial charge in [0.15, 0.2) is 0 Å². The van der Waals surface area contributed by atoms with E-state index in [4.69, 9.17) is 0 Å². The van der Waals surface area contributed by atoms with Crippen LogP contribution < -0.4 is 0 Å². The molecular weight excluding hydrogens is 584 g/mol. The van der Waals surface area contributed by atoms with E-state index in [1.54, 1.807) is 0 Å². The van der Waals surface area contributed by atoms with Gasteiger partial charge in [0.05, 0.1) is 25.4 Å². The molecule has 0 atom stereocenters. The summed E-state index contributed by atoms with van der Waals surface area (Å²) in [6.07, 6.45) is 6.85. The van der Waals surface area contributed by atoms with Gasteiger partial charge in [-0.3, -0.25) is 0 Å². The van der Waals surface area contributed by atoms with Gasteiger partial charge in [-0.2, -0.15) is 0 Å². The molecule has 0 aliphatic carbocycles. The summed E-state index contributed by atoms with van der Waals surface area (Å²) in [5, 5.41) is 2.19. The molecule has 0 fully saturated rings. The van der Waals surface area contributed by atoms with Gasteiger partial charge in [-0.1, -0.05) is 78.9 Å². The van der Waals surface area contributed by atoms with Gasteiger partial charge in [-0.05, 0) is 36.9 Å². The summed E-state index contributed by atoms with van der Waals surface area (Å²) >= 11 is 22.8. The largest absolute Gasteiger partial charge is 0.121 e. The molecule has 0 aromatic rings. The molecular formula is C14H18Br2S8. The van der Waals surface area contributed by atoms with Crippen LogP contribution in [-0.4, -0.2) is 34.7 Å². The molecule has 0 amide bonds. The van der Waals surface area contributed by atoms with Crippen LogP contribution in [-0.2, 0) is 0 Å². The van der Waals surface area contributed by atoms with Gasteiger partial charge in [-0.25, -0.2) is 0 Å². The summed E-state index contributed by atoms with van der Waals surface area (Å²) in [4.78, 5) is 0.